The van der Waals surface area contributed by atoms with Crippen molar-refractivity contribution < 1.29 is 14.7 Å². The van der Waals surface area contributed by atoms with E-state index in [4.69, 9.17) is 10.8 Å². The number of carbonyl (C=O) groups excluding carboxylic acids is 1. The lowest BCUT2D eigenvalue weighted by Gasteiger charge is -2.35. The van der Waals surface area contributed by atoms with Gasteiger partial charge in [-0.25, -0.2) is 0 Å². The zero-order valence-electron chi connectivity index (χ0n) is 9.52. The standard InChI is InChI=1S/C11H20N2O3/c12-7-6-10(14)13-8-2-1-3-9(13)4-5-11(15)16/h9H,1-8,12H2,(H,15,16). The van der Waals surface area contributed by atoms with Gasteiger partial charge in [0.2, 0.25) is 5.91 Å². The van der Waals surface area contributed by atoms with Gasteiger partial charge in [0.15, 0.2) is 0 Å². The molecule has 1 atom stereocenters. The number of carboxylic acid groups (broad SMARTS) is 1. The molecule has 0 aromatic rings. The van der Waals surface area contributed by atoms with E-state index in [0.29, 0.717) is 19.4 Å². The van der Waals surface area contributed by atoms with Crippen molar-refractivity contribution in [2.24, 2.45) is 5.73 Å². The second-order valence-electron chi connectivity index (χ2n) is 4.21. The third kappa shape index (κ3) is 3.81. The van der Waals surface area contributed by atoms with Gasteiger partial charge in [-0.05, 0) is 25.7 Å². The highest BCUT2D eigenvalue weighted by Crippen LogP contribution is 2.21. The molecule has 1 amide bonds. The fraction of sp³-hybridized carbons (Fsp3) is 0.818. The molecule has 3 N–H and O–H groups in total. The number of likely N-dealkylation sites (tertiary alicyclic amines) is 1. The predicted octanol–water partition coefficient (Wildman–Crippen LogP) is 0.581. The van der Waals surface area contributed by atoms with Crippen molar-refractivity contribution in [3.63, 3.8) is 0 Å². The molecule has 5 heteroatoms. The molecule has 0 aromatic heterocycles. The molecule has 1 heterocycles. The number of aliphatic carboxylic acids is 1. The topological polar surface area (TPSA) is 83.6 Å². The summed E-state index contributed by atoms with van der Waals surface area (Å²) in [6.45, 7) is 1.12. The van der Waals surface area contributed by atoms with Crippen molar-refractivity contribution >= 4 is 11.9 Å². The van der Waals surface area contributed by atoms with Gasteiger partial charge in [-0.3, -0.25) is 9.59 Å². The van der Waals surface area contributed by atoms with Gasteiger partial charge in [-0.2, -0.15) is 0 Å². The molecule has 0 radical (unpaired) electrons. The van der Waals surface area contributed by atoms with Gasteiger partial charge in [-0.1, -0.05) is 0 Å². The molecule has 1 unspecified atom stereocenters. The van der Waals surface area contributed by atoms with Crippen LogP contribution in [0.4, 0.5) is 0 Å². The molecule has 1 rings (SSSR count). The van der Waals surface area contributed by atoms with Crippen LogP contribution in [0, 0.1) is 0 Å². The van der Waals surface area contributed by atoms with Crippen molar-refractivity contribution in [1.82, 2.24) is 4.90 Å². The average molecular weight is 228 g/mol. The molecule has 0 bridgehead atoms. The molecular weight excluding hydrogens is 208 g/mol. The smallest absolute Gasteiger partial charge is 0.303 e. The van der Waals surface area contributed by atoms with Crippen molar-refractivity contribution in [3.05, 3.63) is 0 Å². The Labute approximate surface area is 95.6 Å². The normalized spacial score (nSPS) is 20.8. The molecule has 1 fully saturated rings. The van der Waals surface area contributed by atoms with Gasteiger partial charge in [-0.15, -0.1) is 0 Å². The van der Waals surface area contributed by atoms with Crippen LogP contribution in [0.15, 0.2) is 0 Å². The molecule has 0 spiro atoms. The fourth-order valence-electron chi connectivity index (χ4n) is 2.19. The number of hydrogen-bond acceptors (Lipinski definition) is 3. The SMILES string of the molecule is NCCC(=O)N1CCCCC1CCC(=O)O. The van der Waals surface area contributed by atoms with Crippen molar-refractivity contribution in [1.29, 1.82) is 0 Å². The molecule has 1 aliphatic heterocycles. The summed E-state index contributed by atoms with van der Waals surface area (Å²) in [4.78, 5) is 24.1. The minimum absolute atomic E-state index is 0.0672. The van der Waals surface area contributed by atoms with Gasteiger partial charge in [0, 0.05) is 32.0 Å². The first-order valence-corrected chi connectivity index (χ1v) is 5.86. The summed E-state index contributed by atoms with van der Waals surface area (Å²) in [6, 6.07) is 0.101. The van der Waals surface area contributed by atoms with Crippen LogP contribution in [0.3, 0.4) is 0 Å². The maximum absolute atomic E-state index is 11.8. The Bertz CT molecular complexity index is 256. The number of carbonyl (C=O) groups is 2. The second kappa shape index (κ2) is 6.48. The van der Waals surface area contributed by atoms with Crippen LogP contribution in [-0.2, 0) is 9.59 Å². The Morgan fingerprint density at radius 2 is 2.06 bits per heavy atom. The third-order valence-electron chi connectivity index (χ3n) is 3.00. The monoisotopic (exact) mass is 228 g/mol. The Morgan fingerprint density at radius 1 is 1.31 bits per heavy atom. The van der Waals surface area contributed by atoms with E-state index in [9.17, 15) is 9.59 Å². The number of carboxylic acids is 1. The molecular formula is C11H20N2O3. The van der Waals surface area contributed by atoms with Gasteiger partial charge in [0.1, 0.15) is 0 Å². The van der Waals surface area contributed by atoms with Gasteiger partial charge in [0.05, 0.1) is 0 Å². The number of hydrogen-bond donors (Lipinski definition) is 2. The minimum Gasteiger partial charge on any atom is -0.481 e. The lowest BCUT2D eigenvalue weighted by atomic mass is 9.97. The summed E-state index contributed by atoms with van der Waals surface area (Å²) in [5, 5.41) is 8.65. The van der Waals surface area contributed by atoms with E-state index in [2.05, 4.69) is 0 Å². The largest absolute Gasteiger partial charge is 0.481 e. The molecule has 0 saturated carbocycles. The summed E-state index contributed by atoms with van der Waals surface area (Å²) in [5.41, 5.74) is 5.36. The highest BCUT2D eigenvalue weighted by molar-refractivity contribution is 5.77. The summed E-state index contributed by atoms with van der Waals surface area (Å²) in [7, 11) is 0. The third-order valence-corrected chi connectivity index (χ3v) is 3.00. The predicted molar refractivity (Wildman–Crippen MR) is 59.9 cm³/mol. The Morgan fingerprint density at radius 3 is 2.69 bits per heavy atom. The van der Waals surface area contributed by atoms with Crippen molar-refractivity contribution in [2.45, 2.75) is 44.6 Å². The number of piperidine rings is 1. The van der Waals surface area contributed by atoms with Crippen LogP contribution in [-0.4, -0.2) is 41.0 Å². The summed E-state index contributed by atoms with van der Waals surface area (Å²) < 4.78 is 0. The molecule has 0 aromatic carbocycles. The molecule has 1 aliphatic rings. The van der Waals surface area contributed by atoms with Crippen LogP contribution in [0.25, 0.3) is 0 Å². The number of nitrogens with zero attached hydrogens (tertiary/aromatic N) is 1. The van der Waals surface area contributed by atoms with E-state index in [0.717, 1.165) is 25.8 Å². The lowest BCUT2D eigenvalue weighted by Crippen LogP contribution is -2.44. The number of rotatable bonds is 5. The molecule has 0 aliphatic carbocycles. The first kappa shape index (κ1) is 13.0. The van der Waals surface area contributed by atoms with Gasteiger partial charge < -0.3 is 15.7 Å². The summed E-state index contributed by atoms with van der Waals surface area (Å²) in [6.07, 6.45) is 4.08. The Kier molecular flexibility index (Phi) is 5.25. The van der Waals surface area contributed by atoms with Crippen LogP contribution >= 0.6 is 0 Å². The maximum Gasteiger partial charge on any atom is 0.303 e. The van der Waals surface area contributed by atoms with E-state index in [1.54, 1.807) is 0 Å². The van der Waals surface area contributed by atoms with E-state index in [1.165, 1.54) is 0 Å². The molecule has 1 saturated heterocycles. The van der Waals surface area contributed by atoms with Crippen LogP contribution < -0.4 is 5.73 Å². The molecule has 16 heavy (non-hydrogen) atoms. The van der Waals surface area contributed by atoms with Crippen LogP contribution in [0.5, 0.6) is 0 Å². The van der Waals surface area contributed by atoms with Gasteiger partial charge >= 0.3 is 5.97 Å². The first-order valence-electron chi connectivity index (χ1n) is 5.86. The molecule has 92 valence electrons. The Balaban J connectivity index is 2.49. The Hall–Kier alpha value is -1.10. The lowest BCUT2D eigenvalue weighted by molar-refractivity contribution is -0.140. The van der Waals surface area contributed by atoms with E-state index < -0.39 is 5.97 Å². The zero-order chi connectivity index (χ0) is 12.0. The second-order valence-corrected chi connectivity index (χ2v) is 4.21. The average Bonchev–Trinajstić information content (AvgIpc) is 2.27. The van der Waals surface area contributed by atoms with Gasteiger partial charge in [0.25, 0.3) is 0 Å². The van der Waals surface area contributed by atoms with Crippen LogP contribution in [0.1, 0.15) is 38.5 Å². The number of amides is 1. The zero-order valence-corrected chi connectivity index (χ0v) is 9.52. The van der Waals surface area contributed by atoms with E-state index >= 15 is 0 Å². The first-order chi connectivity index (χ1) is 7.65. The highest BCUT2D eigenvalue weighted by Gasteiger charge is 2.26. The van der Waals surface area contributed by atoms with Crippen molar-refractivity contribution in [3.8, 4) is 0 Å². The highest BCUT2D eigenvalue weighted by atomic mass is 16.4. The van der Waals surface area contributed by atoms with Crippen molar-refractivity contribution in [2.75, 3.05) is 13.1 Å². The summed E-state index contributed by atoms with van der Waals surface area (Å²) in [5.74, 6) is -0.727. The van der Waals surface area contributed by atoms with Crippen LogP contribution in [0.2, 0.25) is 0 Å². The van der Waals surface area contributed by atoms with E-state index in [1.807, 2.05) is 4.90 Å². The quantitative estimate of drug-likeness (QED) is 0.721. The number of nitrogens with two attached hydrogens (primary N) is 1. The summed E-state index contributed by atoms with van der Waals surface area (Å²) >= 11 is 0. The molecule has 5 nitrogen and oxygen atoms in total. The minimum atomic E-state index is -0.795. The van der Waals surface area contributed by atoms with E-state index in [-0.39, 0.29) is 18.4 Å². The maximum atomic E-state index is 11.8. The fourth-order valence-corrected chi connectivity index (χ4v) is 2.19.